The summed E-state index contributed by atoms with van der Waals surface area (Å²) >= 11 is 0. The predicted octanol–water partition coefficient (Wildman–Crippen LogP) is -1.33. The monoisotopic (exact) mass is 615 g/mol. The molecule has 1 aromatic rings. The summed E-state index contributed by atoms with van der Waals surface area (Å²) in [5.74, 6) is 4.73. The van der Waals surface area contributed by atoms with E-state index in [1.54, 1.807) is 0 Å². The minimum atomic E-state index is -5.74. The summed E-state index contributed by atoms with van der Waals surface area (Å²) in [6.07, 6.45) is -3.32. The molecule has 37 heavy (non-hydrogen) atoms. The number of aliphatic hydroxyl groups is 1. The lowest BCUT2D eigenvalue weighted by atomic mass is 10.2. The number of aliphatic hydroxyl groups excluding tert-OH is 1. The number of nitrogens with two attached hydrogens (primary N) is 1. The molecule has 0 bridgehead atoms. The van der Waals surface area contributed by atoms with E-state index in [1.165, 1.54) is 0 Å². The molecule has 5 unspecified atom stereocenters. The van der Waals surface area contributed by atoms with Gasteiger partial charge in [-0.3, -0.25) is 13.6 Å². The van der Waals surface area contributed by atoms with E-state index < -0.39 is 68.6 Å². The van der Waals surface area contributed by atoms with Crippen LogP contribution in [0.2, 0.25) is 0 Å². The van der Waals surface area contributed by atoms with E-state index in [4.69, 9.17) is 34.9 Å². The molecule has 210 valence electrons. The predicted molar refractivity (Wildman–Crippen MR) is 117 cm³/mol. The molecule has 9 N–H and O–H groups in total. The maximum absolute atomic E-state index is 12.3. The van der Waals surface area contributed by atoms with Crippen LogP contribution in [0.1, 0.15) is 24.6 Å². The number of phosphoric ester groups is 2. The zero-order valence-electron chi connectivity index (χ0n) is 18.1. The van der Waals surface area contributed by atoms with Crippen LogP contribution in [0.25, 0.3) is 0 Å². The van der Waals surface area contributed by atoms with Gasteiger partial charge in [0.05, 0.1) is 24.9 Å². The van der Waals surface area contributed by atoms with Gasteiger partial charge in [-0.1, -0.05) is 11.8 Å². The number of phosphoric acid groups is 4. The van der Waals surface area contributed by atoms with Gasteiger partial charge in [0, 0.05) is 19.0 Å². The van der Waals surface area contributed by atoms with Crippen molar-refractivity contribution in [2.24, 2.45) is 0 Å². The largest absolute Gasteiger partial charge is 0.490 e. The molecule has 1 aliphatic rings. The lowest BCUT2D eigenvalue weighted by Crippen LogP contribution is -2.29. The number of hydrogen-bond acceptors (Lipinski definition) is 13. The number of ether oxygens (including phenoxy) is 1. The first-order valence-corrected chi connectivity index (χ1v) is 15.5. The van der Waals surface area contributed by atoms with Crippen molar-refractivity contribution in [3.8, 4) is 11.8 Å². The highest BCUT2D eigenvalue weighted by Gasteiger charge is 2.43. The Hall–Kier alpha value is -1.32. The first kappa shape index (κ1) is 31.9. The molecule has 1 saturated heterocycles. The fourth-order valence-electron chi connectivity index (χ4n) is 2.66. The number of hydrogen-bond donors (Lipinski definition) is 8. The molecular weight excluding hydrogens is 594 g/mol. The van der Waals surface area contributed by atoms with Gasteiger partial charge in [0.25, 0.3) is 0 Å². The highest BCUT2D eigenvalue weighted by atomic mass is 31.3. The first-order valence-electron chi connectivity index (χ1n) is 9.46. The molecule has 0 amide bonds. The zero-order valence-corrected chi connectivity index (χ0v) is 21.7. The van der Waals surface area contributed by atoms with Crippen molar-refractivity contribution in [2.45, 2.75) is 31.3 Å². The molecule has 0 aliphatic carbocycles. The highest BCUT2D eigenvalue weighted by molar-refractivity contribution is 7.66. The number of nitrogens with zero attached hydrogens (tertiary/aromatic N) is 2. The Morgan fingerprint density at radius 3 is 2.30 bits per heavy atom. The van der Waals surface area contributed by atoms with Gasteiger partial charge >= 0.3 is 37.0 Å². The number of rotatable bonds is 11. The normalized spacial score (nSPS) is 23.6. The molecule has 24 heteroatoms. The van der Waals surface area contributed by atoms with Crippen molar-refractivity contribution in [2.75, 3.05) is 18.9 Å². The van der Waals surface area contributed by atoms with Crippen molar-refractivity contribution >= 4 is 37.1 Å². The first-order chi connectivity index (χ1) is 16.8. The zero-order chi connectivity index (χ0) is 28.2. The molecule has 0 aromatic carbocycles. The van der Waals surface area contributed by atoms with Crippen LogP contribution in [0.4, 0.5) is 5.82 Å². The van der Waals surface area contributed by atoms with Gasteiger partial charge in [0.1, 0.15) is 18.1 Å². The lowest BCUT2D eigenvalue weighted by molar-refractivity contribution is -0.0449. The van der Waals surface area contributed by atoms with Crippen molar-refractivity contribution < 1.29 is 75.1 Å². The molecule has 2 rings (SSSR count). The maximum Gasteiger partial charge on any atom is 0.490 e. The van der Waals surface area contributed by atoms with Crippen LogP contribution < -0.4 is 11.4 Å². The summed E-state index contributed by atoms with van der Waals surface area (Å²) in [5.41, 5.74) is 4.72. The van der Waals surface area contributed by atoms with Crippen LogP contribution in [0.5, 0.6) is 0 Å². The molecule has 1 aromatic heterocycles. The molecule has 1 fully saturated rings. The van der Waals surface area contributed by atoms with Gasteiger partial charge in [-0.25, -0.2) is 23.1 Å². The van der Waals surface area contributed by atoms with Gasteiger partial charge in [-0.15, -0.1) is 0 Å². The van der Waals surface area contributed by atoms with Gasteiger partial charge in [-0.2, -0.15) is 13.6 Å². The molecule has 1 aliphatic heterocycles. The van der Waals surface area contributed by atoms with Crippen LogP contribution in [-0.4, -0.2) is 69.4 Å². The topological polar surface area (TPSA) is 317 Å². The summed E-state index contributed by atoms with van der Waals surface area (Å²) < 4.78 is 66.5. The van der Waals surface area contributed by atoms with Crippen LogP contribution >= 0.6 is 31.3 Å². The summed E-state index contributed by atoms with van der Waals surface area (Å²) in [6.45, 7) is -1.36. The van der Waals surface area contributed by atoms with Crippen LogP contribution in [0.15, 0.2) is 11.0 Å². The third-order valence-corrected chi connectivity index (χ3v) is 8.34. The second kappa shape index (κ2) is 12.2. The molecule has 0 spiro atoms. The van der Waals surface area contributed by atoms with Crippen LogP contribution in [0, 0.1) is 11.8 Å². The van der Waals surface area contributed by atoms with Crippen molar-refractivity contribution in [3.05, 3.63) is 22.2 Å². The van der Waals surface area contributed by atoms with Gasteiger partial charge in [0.2, 0.25) is 0 Å². The molecular formula is C13H21N3O17P4. The summed E-state index contributed by atoms with van der Waals surface area (Å²) in [6, 6.07) is 0. The Labute approximate surface area is 206 Å². The van der Waals surface area contributed by atoms with E-state index in [0.717, 1.165) is 10.8 Å². The molecule has 0 radical (unpaired) electrons. The Kier molecular flexibility index (Phi) is 10.6. The summed E-state index contributed by atoms with van der Waals surface area (Å²) in [7, 11) is -21.5. The number of aromatic nitrogens is 2. The maximum atomic E-state index is 12.3. The smallest absolute Gasteiger partial charge is 0.390 e. The minimum Gasteiger partial charge on any atom is -0.390 e. The quantitative estimate of drug-likeness (QED) is 0.0811. The molecule has 0 saturated carbocycles. The van der Waals surface area contributed by atoms with E-state index in [2.05, 4.69) is 34.5 Å². The minimum absolute atomic E-state index is 0.00517. The fraction of sp³-hybridized carbons (Fsp3) is 0.538. The second-order valence-electron chi connectivity index (χ2n) is 6.92. The number of nitrogen functional groups attached to an aromatic ring is 1. The average Bonchev–Trinajstić information content (AvgIpc) is 3.04. The Morgan fingerprint density at radius 2 is 1.70 bits per heavy atom. The van der Waals surface area contributed by atoms with E-state index >= 15 is 0 Å². The molecule has 2 heterocycles. The van der Waals surface area contributed by atoms with Crippen molar-refractivity contribution in [1.82, 2.24) is 9.55 Å². The highest BCUT2D eigenvalue weighted by Crippen LogP contribution is 2.66. The van der Waals surface area contributed by atoms with E-state index in [9.17, 15) is 33.1 Å². The van der Waals surface area contributed by atoms with Crippen LogP contribution in [0.3, 0.4) is 0 Å². The third kappa shape index (κ3) is 11.1. The van der Waals surface area contributed by atoms with Gasteiger partial charge in [0.15, 0.2) is 0 Å². The van der Waals surface area contributed by atoms with E-state index in [0.29, 0.717) is 0 Å². The van der Waals surface area contributed by atoms with E-state index in [-0.39, 0.29) is 24.2 Å². The fourth-order valence-corrected chi connectivity index (χ4v) is 6.02. The van der Waals surface area contributed by atoms with Crippen molar-refractivity contribution in [3.63, 3.8) is 0 Å². The lowest BCUT2D eigenvalue weighted by Gasteiger charge is -2.19. The molecule has 20 nitrogen and oxygen atoms in total. The third-order valence-electron chi connectivity index (χ3n) is 4.02. The Balaban J connectivity index is 2.06. The Bertz CT molecular complexity index is 1290. The summed E-state index contributed by atoms with van der Waals surface area (Å²) in [4.78, 5) is 68.7. The Morgan fingerprint density at radius 1 is 1.05 bits per heavy atom. The van der Waals surface area contributed by atoms with E-state index in [1.807, 2.05) is 0 Å². The van der Waals surface area contributed by atoms with Crippen LogP contribution in [-0.2, 0) is 40.7 Å². The molecule has 5 atom stereocenters. The second-order valence-corrected chi connectivity index (χ2v) is 12.6. The standard InChI is InChI=1S/C13H21N3O17P4/c14-12-8(3-1-2-4-29-34(19,20)21)6-16(13(18)15-12)11-5-9(17)10(31-11)7-30-36(25,26)33-37(27,28)32-35(22,23)24/h6,9-11,17H,2,4-5,7H2,(H,25,26)(H,27,28)(H2,14,15,18)(H2,19,20,21)(H2,22,23,24). The summed E-state index contributed by atoms with van der Waals surface area (Å²) in [5, 5.41) is 10.2. The van der Waals surface area contributed by atoms with Gasteiger partial charge in [-0.05, 0) is 0 Å². The van der Waals surface area contributed by atoms with Crippen molar-refractivity contribution in [1.29, 1.82) is 0 Å². The van der Waals surface area contributed by atoms with Gasteiger partial charge < -0.3 is 44.9 Å². The average molecular weight is 615 g/mol. The SMILES string of the molecule is Nc1nc(=O)n(C2CC(O)C(COP(=O)(O)OP(=O)(O)OP(=O)(O)O)O2)cc1C#CCCOP(=O)(O)O. The number of anilines is 1.